The molecule has 1 saturated heterocycles. The summed E-state index contributed by atoms with van der Waals surface area (Å²) in [5.74, 6) is 6.28. The first kappa shape index (κ1) is 14.2. The number of hydrogen-bond acceptors (Lipinski definition) is 2. The van der Waals surface area contributed by atoms with E-state index in [0.29, 0.717) is 25.5 Å². The second kappa shape index (κ2) is 7.37. The molecule has 2 nitrogen and oxygen atoms in total. The van der Waals surface area contributed by atoms with E-state index in [0.717, 1.165) is 18.4 Å². The van der Waals surface area contributed by atoms with Gasteiger partial charge in [-0.3, -0.25) is 0 Å². The second-order valence-corrected chi connectivity index (χ2v) is 4.69. The average Bonchev–Trinajstić information content (AvgIpc) is 2.44. The van der Waals surface area contributed by atoms with Gasteiger partial charge in [0.15, 0.2) is 11.6 Å². The van der Waals surface area contributed by atoms with E-state index < -0.39 is 0 Å². The summed E-state index contributed by atoms with van der Waals surface area (Å²) in [6, 6.07) is 4.68. The molecule has 102 valence electrons. The highest BCUT2D eigenvalue weighted by Gasteiger charge is 2.17. The van der Waals surface area contributed by atoms with Crippen LogP contribution in [0.2, 0.25) is 0 Å². The third-order valence-corrected chi connectivity index (χ3v) is 3.03. The van der Waals surface area contributed by atoms with Crippen molar-refractivity contribution in [2.24, 2.45) is 0 Å². The van der Waals surface area contributed by atoms with Gasteiger partial charge in [-0.1, -0.05) is 11.8 Å². The Morgan fingerprint density at radius 2 is 2.16 bits per heavy atom. The molecule has 0 amide bonds. The first-order chi connectivity index (χ1) is 9.29. The number of alkyl halides is 1. The van der Waals surface area contributed by atoms with E-state index in [9.17, 15) is 4.39 Å². The molecule has 2 rings (SSSR count). The second-order valence-electron chi connectivity index (χ2n) is 4.32. The minimum absolute atomic E-state index is 0.0225. The first-order valence-corrected chi connectivity index (χ1v) is 6.92. The molecule has 0 aliphatic carbocycles. The summed E-state index contributed by atoms with van der Waals surface area (Å²) in [6.07, 6.45) is 2.23. The molecule has 4 heteroatoms. The van der Waals surface area contributed by atoms with E-state index in [1.54, 1.807) is 12.1 Å². The van der Waals surface area contributed by atoms with E-state index in [-0.39, 0.29) is 17.7 Å². The van der Waals surface area contributed by atoms with Gasteiger partial charge in [-0.05, 0) is 18.2 Å². The standard InChI is InChI=1S/C15H16ClFO2/c16-8-2-1-3-12-4-5-14(17)15(11-12)19-13-6-9-18-10-7-13/h4-5,11,13H,2,6-10H2. The van der Waals surface area contributed by atoms with Crippen molar-refractivity contribution >= 4 is 11.6 Å². The minimum Gasteiger partial charge on any atom is -0.487 e. The number of benzene rings is 1. The van der Waals surface area contributed by atoms with Gasteiger partial charge in [0, 0.05) is 30.7 Å². The van der Waals surface area contributed by atoms with Crippen molar-refractivity contribution in [1.29, 1.82) is 0 Å². The number of ether oxygens (including phenoxy) is 2. The molecule has 1 aromatic carbocycles. The molecule has 1 aromatic rings. The summed E-state index contributed by atoms with van der Waals surface area (Å²) in [6.45, 7) is 1.34. The maximum atomic E-state index is 13.7. The summed E-state index contributed by atoms with van der Waals surface area (Å²) < 4.78 is 24.6. The fraction of sp³-hybridized carbons (Fsp3) is 0.467. The Hall–Kier alpha value is -1.24. The highest BCUT2D eigenvalue weighted by molar-refractivity contribution is 6.18. The van der Waals surface area contributed by atoms with Crippen LogP contribution in [0.25, 0.3) is 0 Å². The van der Waals surface area contributed by atoms with Gasteiger partial charge in [0.05, 0.1) is 13.2 Å². The summed E-state index contributed by atoms with van der Waals surface area (Å²) >= 11 is 5.55. The lowest BCUT2D eigenvalue weighted by molar-refractivity contribution is 0.0240. The van der Waals surface area contributed by atoms with Gasteiger partial charge in [-0.15, -0.1) is 11.6 Å². The normalized spacial score (nSPS) is 15.7. The number of rotatable bonds is 3. The molecule has 0 N–H and O–H groups in total. The maximum Gasteiger partial charge on any atom is 0.165 e. The van der Waals surface area contributed by atoms with Crippen molar-refractivity contribution in [2.75, 3.05) is 19.1 Å². The SMILES string of the molecule is Fc1ccc(C#CCCCl)cc1OC1CCOCC1. The molecule has 19 heavy (non-hydrogen) atoms. The quantitative estimate of drug-likeness (QED) is 0.625. The Balaban J connectivity index is 2.06. The fourth-order valence-electron chi connectivity index (χ4n) is 1.86. The molecule has 1 fully saturated rings. The summed E-state index contributed by atoms with van der Waals surface area (Å²) in [7, 11) is 0. The lowest BCUT2D eigenvalue weighted by Gasteiger charge is -2.23. The van der Waals surface area contributed by atoms with Crippen LogP contribution < -0.4 is 4.74 Å². The smallest absolute Gasteiger partial charge is 0.165 e. The van der Waals surface area contributed by atoms with Crippen LogP contribution in [0.15, 0.2) is 18.2 Å². The van der Waals surface area contributed by atoms with Gasteiger partial charge < -0.3 is 9.47 Å². The summed E-state index contributed by atoms with van der Waals surface area (Å²) in [5.41, 5.74) is 0.744. The van der Waals surface area contributed by atoms with Crippen LogP contribution in [-0.4, -0.2) is 25.2 Å². The molecule has 0 atom stereocenters. The highest BCUT2D eigenvalue weighted by atomic mass is 35.5. The van der Waals surface area contributed by atoms with E-state index in [2.05, 4.69) is 11.8 Å². The lowest BCUT2D eigenvalue weighted by Crippen LogP contribution is -2.26. The topological polar surface area (TPSA) is 18.5 Å². The largest absolute Gasteiger partial charge is 0.487 e. The maximum absolute atomic E-state index is 13.7. The highest BCUT2D eigenvalue weighted by Crippen LogP contribution is 2.22. The molecule has 1 aliphatic rings. The summed E-state index contributed by atoms with van der Waals surface area (Å²) in [5, 5.41) is 0. The van der Waals surface area contributed by atoms with Crippen LogP contribution in [0.3, 0.4) is 0 Å². The van der Waals surface area contributed by atoms with Gasteiger partial charge in [0.25, 0.3) is 0 Å². The molecular weight excluding hydrogens is 267 g/mol. The van der Waals surface area contributed by atoms with Crippen LogP contribution in [0.4, 0.5) is 4.39 Å². The zero-order valence-corrected chi connectivity index (χ0v) is 11.4. The van der Waals surface area contributed by atoms with Gasteiger partial charge in [-0.25, -0.2) is 4.39 Å². The number of hydrogen-bond donors (Lipinski definition) is 0. The van der Waals surface area contributed by atoms with Crippen molar-refractivity contribution in [3.05, 3.63) is 29.6 Å². The molecule has 0 bridgehead atoms. The van der Waals surface area contributed by atoms with Crippen LogP contribution >= 0.6 is 11.6 Å². The Kier molecular flexibility index (Phi) is 5.50. The van der Waals surface area contributed by atoms with Crippen LogP contribution in [0.5, 0.6) is 5.75 Å². The molecular formula is C15H16ClFO2. The molecule has 0 radical (unpaired) electrons. The molecule has 0 spiro atoms. The van der Waals surface area contributed by atoms with Gasteiger partial charge in [0.2, 0.25) is 0 Å². The third kappa shape index (κ3) is 4.41. The van der Waals surface area contributed by atoms with Crippen molar-refractivity contribution in [1.82, 2.24) is 0 Å². The van der Waals surface area contributed by atoms with Gasteiger partial charge >= 0.3 is 0 Å². The molecule has 0 saturated carbocycles. The first-order valence-electron chi connectivity index (χ1n) is 6.38. The zero-order chi connectivity index (χ0) is 13.5. The van der Waals surface area contributed by atoms with Crippen molar-refractivity contribution in [3.63, 3.8) is 0 Å². The van der Waals surface area contributed by atoms with Crippen LogP contribution in [-0.2, 0) is 4.74 Å². The Morgan fingerprint density at radius 1 is 1.37 bits per heavy atom. The van der Waals surface area contributed by atoms with Crippen molar-refractivity contribution in [2.45, 2.75) is 25.4 Å². The molecule has 0 aromatic heterocycles. The van der Waals surface area contributed by atoms with E-state index >= 15 is 0 Å². The van der Waals surface area contributed by atoms with E-state index in [1.807, 2.05) is 0 Å². The number of halogens is 2. The van der Waals surface area contributed by atoms with E-state index in [4.69, 9.17) is 21.1 Å². The Bertz CT molecular complexity index is 473. The predicted octanol–water partition coefficient (Wildman–Crippen LogP) is 3.36. The van der Waals surface area contributed by atoms with E-state index in [1.165, 1.54) is 6.07 Å². The average molecular weight is 283 g/mol. The lowest BCUT2D eigenvalue weighted by atomic mass is 10.1. The molecule has 1 heterocycles. The predicted molar refractivity (Wildman–Crippen MR) is 73.1 cm³/mol. The van der Waals surface area contributed by atoms with Crippen molar-refractivity contribution in [3.8, 4) is 17.6 Å². The van der Waals surface area contributed by atoms with Gasteiger partial charge in [0.1, 0.15) is 6.10 Å². The third-order valence-electron chi connectivity index (χ3n) is 2.85. The summed E-state index contributed by atoms with van der Waals surface area (Å²) in [4.78, 5) is 0. The Labute approximate surface area is 117 Å². The fourth-order valence-corrected chi connectivity index (χ4v) is 1.95. The molecule has 0 unspecified atom stereocenters. The minimum atomic E-state index is -0.352. The van der Waals surface area contributed by atoms with Crippen LogP contribution in [0.1, 0.15) is 24.8 Å². The molecule has 1 aliphatic heterocycles. The van der Waals surface area contributed by atoms with Crippen LogP contribution in [0, 0.1) is 17.7 Å². The van der Waals surface area contributed by atoms with Crippen molar-refractivity contribution < 1.29 is 13.9 Å². The zero-order valence-electron chi connectivity index (χ0n) is 10.6. The Morgan fingerprint density at radius 3 is 2.89 bits per heavy atom. The monoisotopic (exact) mass is 282 g/mol. The van der Waals surface area contributed by atoms with Gasteiger partial charge in [-0.2, -0.15) is 0 Å².